The van der Waals surface area contributed by atoms with Gasteiger partial charge in [0.15, 0.2) is 0 Å². The Kier molecular flexibility index (Phi) is 5.54. The summed E-state index contributed by atoms with van der Waals surface area (Å²) in [6.07, 6.45) is 2.53. The number of benzene rings is 1. The van der Waals surface area contributed by atoms with E-state index < -0.39 is 10.0 Å². The van der Waals surface area contributed by atoms with Crippen LogP contribution in [0.1, 0.15) is 24.0 Å². The van der Waals surface area contributed by atoms with Crippen LogP contribution in [0.4, 0.5) is 0 Å². The predicted octanol–water partition coefficient (Wildman–Crippen LogP) is 1.00. The lowest BCUT2D eigenvalue weighted by molar-refractivity contribution is 0.204. The van der Waals surface area contributed by atoms with E-state index >= 15 is 0 Å². The SMILES string of the molecule is COCCNS(=O)(=O)Cc1ccc(CNC2CC2)cc1. The molecule has 1 fully saturated rings. The van der Waals surface area contributed by atoms with Gasteiger partial charge in [0, 0.05) is 26.2 Å². The molecule has 0 bridgehead atoms. The molecule has 1 aromatic rings. The van der Waals surface area contributed by atoms with E-state index in [1.807, 2.05) is 24.3 Å². The molecule has 0 radical (unpaired) electrons. The Hall–Kier alpha value is -0.950. The van der Waals surface area contributed by atoms with Crippen LogP contribution in [0.2, 0.25) is 0 Å². The molecule has 0 unspecified atom stereocenters. The molecular formula is C14H22N2O3S. The second-order valence-corrected chi connectivity index (χ2v) is 6.92. The van der Waals surface area contributed by atoms with Crippen LogP contribution in [-0.2, 0) is 27.1 Å². The van der Waals surface area contributed by atoms with E-state index in [0.29, 0.717) is 19.2 Å². The second-order valence-electron chi connectivity index (χ2n) is 5.12. The molecule has 1 saturated carbocycles. The lowest BCUT2D eigenvalue weighted by atomic mass is 10.1. The topological polar surface area (TPSA) is 67.4 Å². The first-order chi connectivity index (χ1) is 9.59. The van der Waals surface area contributed by atoms with Gasteiger partial charge in [0.1, 0.15) is 0 Å². The molecule has 0 atom stereocenters. The lowest BCUT2D eigenvalue weighted by Gasteiger charge is -2.07. The minimum Gasteiger partial charge on any atom is -0.383 e. The van der Waals surface area contributed by atoms with E-state index in [9.17, 15) is 8.42 Å². The fraction of sp³-hybridized carbons (Fsp3) is 0.571. The van der Waals surface area contributed by atoms with Crippen molar-refractivity contribution in [2.45, 2.75) is 31.2 Å². The van der Waals surface area contributed by atoms with Crippen LogP contribution < -0.4 is 10.0 Å². The predicted molar refractivity (Wildman–Crippen MR) is 78.8 cm³/mol. The number of ether oxygens (including phenoxy) is 1. The van der Waals surface area contributed by atoms with Gasteiger partial charge in [-0.15, -0.1) is 0 Å². The summed E-state index contributed by atoms with van der Waals surface area (Å²) in [6.45, 7) is 1.54. The minimum absolute atomic E-state index is 0.00699. The molecule has 0 heterocycles. The highest BCUT2D eigenvalue weighted by molar-refractivity contribution is 7.88. The largest absolute Gasteiger partial charge is 0.383 e. The Balaban J connectivity index is 1.82. The van der Waals surface area contributed by atoms with Crippen LogP contribution in [0.3, 0.4) is 0 Å². The van der Waals surface area contributed by atoms with Crippen molar-refractivity contribution in [3.8, 4) is 0 Å². The summed E-state index contributed by atoms with van der Waals surface area (Å²) in [5.74, 6) is 0.00699. The van der Waals surface area contributed by atoms with Crippen LogP contribution >= 0.6 is 0 Å². The van der Waals surface area contributed by atoms with Gasteiger partial charge in [-0.3, -0.25) is 0 Å². The molecule has 5 nitrogen and oxygen atoms in total. The van der Waals surface area contributed by atoms with Gasteiger partial charge < -0.3 is 10.1 Å². The first-order valence-electron chi connectivity index (χ1n) is 6.86. The fourth-order valence-corrected chi connectivity index (χ4v) is 3.00. The molecule has 0 amide bonds. The van der Waals surface area contributed by atoms with E-state index in [-0.39, 0.29) is 5.75 Å². The third-order valence-electron chi connectivity index (χ3n) is 3.18. The summed E-state index contributed by atoms with van der Waals surface area (Å²) in [5.41, 5.74) is 1.98. The monoisotopic (exact) mass is 298 g/mol. The van der Waals surface area contributed by atoms with Gasteiger partial charge >= 0.3 is 0 Å². The fourth-order valence-electron chi connectivity index (χ4n) is 1.87. The molecule has 112 valence electrons. The van der Waals surface area contributed by atoms with E-state index in [1.54, 1.807) is 7.11 Å². The number of hydrogen-bond donors (Lipinski definition) is 2. The van der Waals surface area contributed by atoms with Crippen LogP contribution in [-0.4, -0.2) is 34.7 Å². The zero-order valence-corrected chi connectivity index (χ0v) is 12.6. The number of sulfonamides is 1. The molecule has 0 spiro atoms. The molecule has 6 heteroatoms. The molecule has 0 aromatic heterocycles. The van der Waals surface area contributed by atoms with E-state index in [2.05, 4.69) is 10.0 Å². The Bertz CT molecular complexity index is 510. The van der Waals surface area contributed by atoms with Crippen LogP contribution in [0.15, 0.2) is 24.3 Å². The highest BCUT2D eigenvalue weighted by Crippen LogP contribution is 2.19. The van der Waals surface area contributed by atoms with Crippen molar-refractivity contribution in [1.29, 1.82) is 0 Å². The molecule has 0 aliphatic heterocycles. The van der Waals surface area contributed by atoms with Crippen molar-refractivity contribution in [1.82, 2.24) is 10.0 Å². The summed E-state index contributed by atoms with van der Waals surface area (Å²) in [4.78, 5) is 0. The molecule has 1 aliphatic rings. The number of hydrogen-bond acceptors (Lipinski definition) is 4. The lowest BCUT2D eigenvalue weighted by Crippen LogP contribution is -2.28. The second kappa shape index (κ2) is 7.17. The normalized spacial score (nSPS) is 15.4. The third-order valence-corrected chi connectivity index (χ3v) is 4.54. The summed E-state index contributed by atoms with van der Waals surface area (Å²) >= 11 is 0. The van der Waals surface area contributed by atoms with Gasteiger partial charge in [0.25, 0.3) is 0 Å². The van der Waals surface area contributed by atoms with E-state index in [4.69, 9.17) is 4.74 Å². The Morgan fingerprint density at radius 3 is 2.45 bits per heavy atom. The standard InChI is InChI=1S/C14H22N2O3S/c1-19-9-8-16-20(17,18)11-13-4-2-12(3-5-13)10-15-14-6-7-14/h2-5,14-16H,6-11H2,1H3. The average Bonchev–Trinajstić information content (AvgIpc) is 3.22. The Labute approximate surface area is 120 Å². The summed E-state index contributed by atoms with van der Waals surface area (Å²) in [5, 5.41) is 3.43. The number of methoxy groups -OCH3 is 1. The maximum absolute atomic E-state index is 11.8. The van der Waals surface area contributed by atoms with Crippen LogP contribution in [0, 0.1) is 0 Å². The van der Waals surface area contributed by atoms with Gasteiger partial charge in [-0.05, 0) is 24.0 Å². The highest BCUT2D eigenvalue weighted by Gasteiger charge is 2.19. The van der Waals surface area contributed by atoms with Crippen molar-refractivity contribution in [2.75, 3.05) is 20.3 Å². The van der Waals surface area contributed by atoms with Crippen molar-refractivity contribution < 1.29 is 13.2 Å². The van der Waals surface area contributed by atoms with Crippen molar-refractivity contribution >= 4 is 10.0 Å². The number of nitrogens with one attached hydrogen (secondary N) is 2. The number of rotatable bonds is 9. The first kappa shape index (κ1) is 15.4. The quantitative estimate of drug-likeness (QED) is 0.668. The van der Waals surface area contributed by atoms with Gasteiger partial charge in [0.05, 0.1) is 12.4 Å². The average molecular weight is 298 g/mol. The highest BCUT2D eigenvalue weighted by atomic mass is 32.2. The van der Waals surface area contributed by atoms with Crippen LogP contribution in [0.5, 0.6) is 0 Å². The third kappa shape index (κ3) is 5.58. The maximum Gasteiger partial charge on any atom is 0.215 e. The van der Waals surface area contributed by atoms with Gasteiger partial charge in [0.2, 0.25) is 10.0 Å². The first-order valence-corrected chi connectivity index (χ1v) is 8.52. The molecule has 1 aromatic carbocycles. The van der Waals surface area contributed by atoms with Gasteiger partial charge in [-0.1, -0.05) is 24.3 Å². The molecule has 2 N–H and O–H groups in total. The summed E-state index contributed by atoms with van der Waals surface area (Å²) in [6, 6.07) is 8.39. The van der Waals surface area contributed by atoms with Crippen LogP contribution in [0.25, 0.3) is 0 Å². The van der Waals surface area contributed by atoms with E-state index in [0.717, 1.165) is 12.1 Å². The van der Waals surface area contributed by atoms with Gasteiger partial charge in [-0.2, -0.15) is 0 Å². The maximum atomic E-state index is 11.8. The molecule has 0 saturated heterocycles. The van der Waals surface area contributed by atoms with E-state index in [1.165, 1.54) is 18.4 Å². The zero-order valence-electron chi connectivity index (χ0n) is 11.8. The van der Waals surface area contributed by atoms with Gasteiger partial charge in [-0.25, -0.2) is 13.1 Å². The van der Waals surface area contributed by atoms with Crippen molar-refractivity contribution in [2.24, 2.45) is 0 Å². The molecular weight excluding hydrogens is 276 g/mol. The van der Waals surface area contributed by atoms with Crippen molar-refractivity contribution in [3.05, 3.63) is 35.4 Å². The summed E-state index contributed by atoms with van der Waals surface area (Å²) < 4.78 is 30.9. The molecule has 1 aliphatic carbocycles. The molecule has 2 rings (SSSR count). The smallest absolute Gasteiger partial charge is 0.215 e. The summed E-state index contributed by atoms with van der Waals surface area (Å²) in [7, 11) is -1.74. The Morgan fingerprint density at radius 2 is 1.85 bits per heavy atom. The molecule has 20 heavy (non-hydrogen) atoms. The van der Waals surface area contributed by atoms with Crippen molar-refractivity contribution in [3.63, 3.8) is 0 Å². The Morgan fingerprint density at radius 1 is 1.20 bits per heavy atom. The minimum atomic E-state index is -3.28. The zero-order chi connectivity index (χ0) is 14.4.